The number of nitro groups is 1. The number of aromatic nitrogens is 2. The van der Waals surface area contributed by atoms with E-state index in [2.05, 4.69) is 5.10 Å². The van der Waals surface area contributed by atoms with Crippen LogP contribution >= 0.6 is 11.6 Å². The topological polar surface area (TPSA) is 84.8 Å². The average molecular weight is 277 g/mol. The number of nitrogens with zero attached hydrogens (tertiary/aromatic N) is 4. The Labute approximate surface area is 114 Å². The van der Waals surface area contributed by atoms with Crippen molar-refractivity contribution in [2.24, 2.45) is 0 Å². The van der Waals surface area contributed by atoms with Crippen molar-refractivity contribution >= 4 is 17.3 Å². The molecule has 2 aromatic rings. The summed E-state index contributed by atoms with van der Waals surface area (Å²) in [6.07, 6.45) is 0. The summed E-state index contributed by atoms with van der Waals surface area (Å²) in [6.45, 7) is 3.14. The van der Waals surface area contributed by atoms with Gasteiger partial charge in [0.05, 0.1) is 21.2 Å². The first-order valence-electron chi connectivity index (χ1n) is 5.37. The lowest BCUT2D eigenvalue weighted by Crippen LogP contribution is -2.02. The van der Waals surface area contributed by atoms with E-state index < -0.39 is 4.92 Å². The standard InChI is InChI=1S/C12H9ClN4O2/c1-7-12(17(18)19)8(2)16(15-7)11-5-3-4-10(13)9(11)6-14/h3-5H,1-2H3. The largest absolute Gasteiger partial charge is 0.313 e. The molecule has 0 saturated heterocycles. The van der Waals surface area contributed by atoms with Crippen LogP contribution in [0.3, 0.4) is 0 Å². The number of hydrogen-bond acceptors (Lipinski definition) is 4. The molecule has 0 fully saturated rings. The smallest absolute Gasteiger partial charge is 0.258 e. The molecular weight excluding hydrogens is 268 g/mol. The van der Waals surface area contributed by atoms with Crippen molar-refractivity contribution in [2.75, 3.05) is 0 Å². The van der Waals surface area contributed by atoms with Crippen LogP contribution in [0.15, 0.2) is 18.2 Å². The lowest BCUT2D eigenvalue weighted by molar-refractivity contribution is -0.386. The zero-order chi connectivity index (χ0) is 14.2. The van der Waals surface area contributed by atoms with Gasteiger partial charge in [0.15, 0.2) is 0 Å². The van der Waals surface area contributed by atoms with Crippen LogP contribution in [0.4, 0.5) is 5.69 Å². The van der Waals surface area contributed by atoms with Crippen molar-refractivity contribution < 1.29 is 4.92 Å². The third-order valence-electron chi connectivity index (χ3n) is 2.77. The average Bonchev–Trinajstić information content (AvgIpc) is 2.64. The molecule has 1 heterocycles. The van der Waals surface area contributed by atoms with Crippen LogP contribution in [0.25, 0.3) is 5.69 Å². The van der Waals surface area contributed by atoms with E-state index in [9.17, 15) is 10.1 Å². The van der Waals surface area contributed by atoms with Gasteiger partial charge >= 0.3 is 5.69 Å². The number of nitriles is 1. The number of rotatable bonds is 2. The number of benzene rings is 1. The Kier molecular flexibility index (Phi) is 3.23. The molecule has 2 rings (SSSR count). The predicted molar refractivity (Wildman–Crippen MR) is 69.4 cm³/mol. The highest BCUT2D eigenvalue weighted by Gasteiger charge is 2.23. The van der Waals surface area contributed by atoms with Gasteiger partial charge in [0.1, 0.15) is 17.5 Å². The summed E-state index contributed by atoms with van der Waals surface area (Å²) < 4.78 is 1.37. The minimum Gasteiger partial charge on any atom is -0.258 e. The van der Waals surface area contributed by atoms with Crippen molar-refractivity contribution in [3.05, 3.63) is 50.3 Å². The highest BCUT2D eigenvalue weighted by molar-refractivity contribution is 6.32. The molecule has 0 aliphatic heterocycles. The van der Waals surface area contributed by atoms with E-state index in [4.69, 9.17) is 16.9 Å². The molecule has 0 amide bonds. The molecule has 0 bridgehead atoms. The first-order valence-corrected chi connectivity index (χ1v) is 5.74. The van der Waals surface area contributed by atoms with E-state index in [-0.39, 0.29) is 16.3 Å². The van der Waals surface area contributed by atoms with Gasteiger partial charge in [0.25, 0.3) is 0 Å². The van der Waals surface area contributed by atoms with Crippen molar-refractivity contribution in [3.8, 4) is 11.8 Å². The van der Waals surface area contributed by atoms with Gasteiger partial charge in [-0.1, -0.05) is 17.7 Å². The van der Waals surface area contributed by atoms with Crippen LogP contribution in [0.1, 0.15) is 17.0 Å². The molecule has 0 aliphatic carbocycles. The number of hydrogen-bond donors (Lipinski definition) is 0. The van der Waals surface area contributed by atoms with Gasteiger partial charge in [-0.05, 0) is 26.0 Å². The Bertz CT molecular complexity index is 715. The summed E-state index contributed by atoms with van der Waals surface area (Å²) in [4.78, 5) is 10.5. The molecule has 19 heavy (non-hydrogen) atoms. The minimum atomic E-state index is -0.481. The molecule has 1 aromatic carbocycles. The van der Waals surface area contributed by atoms with Gasteiger partial charge in [0, 0.05) is 0 Å². The molecule has 0 unspecified atom stereocenters. The van der Waals surface area contributed by atoms with E-state index in [0.29, 0.717) is 17.1 Å². The Morgan fingerprint density at radius 2 is 2.16 bits per heavy atom. The summed E-state index contributed by atoms with van der Waals surface area (Å²) in [6, 6.07) is 6.89. The van der Waals surface area contributed by atoms with Gasteiger partial charge in [-0.2, -0.15) is 10.4 Å². The van der Waals surface area contributed by atoms with Gasteiger partial charge in [0.2, 0.25) is 0 Å². The third kappa shape index (κ3) is 2.04. The Hall–Kier alpha value is -2.39. The molecular formula is C12H9ClN4O2. The Morgan fingerprint density at radius 3 is 2.68 bits per heavy atom. The molecule has 0 spiro atoms. The molecule has 0 radical (unpaired) electrons. The van der Waals surface area contributed by atoms with Crippen molar-refractivity contribution in [1.82, 2.24) is 9.78 Å². The molecule has 0 N–H and O–H groups in total. The van der Waals surface area contributed by atoms with E-state index in [1.807, 2.05) is 6.07 Å². The predicted octanol–water partition coefficient (Wildman–Crippen LogP) is 2.92. The summed E-state index contributed by atoms with van der Waals surface area (Å²) >= 11 is 5.94. The zero-order valence-corrected chi connectivity index (χ0v) is 11.0. The fourth-order valence-corrected chi connectivity index (χ4v) is 2.14. The van der Waals surface area contributed by atoms with Crippen molar-refractivity contribution in [1.29, 1.82) is 5.26 Å². The van der Waals surface area contributed by atoms with Crippen LogP contribution in [0.2, 0.25) is 5.02 Å². The number of aryl methyl sites for hydroxylation is 1. The normalized spacial score (nSPS) is 10.2. The summed E-state index contributed by atoms with van der Waals surface area (Å²) in [5.41, 5.74) is 1.28. The van der Waals surface area contributed by atoms with Crippen LogP contribution in [0, 0.1) is 35.3 Å². The molecule has 6 nitrogen and oxygen atoms in total. The van der Waals surface area contributed by atoms with Crippen LogP contribution in [-0.4, -0.2) is 14.7 Å². The zero-order valence-electron chi connectivity index (χ0n) is 10.2. The first kappa shape index (κ1) is 13.1. The Morgan fingerprint density at radius 1 is 1.47 bits per heavy atom. The van der Waals surface area contributed by atoms with Gasteiger partial charge in [-0.3, -0.25) is 10.1 Å². The quantitative estimate of drug-likeness (QED) is 0.623. The summed E-state index contributed by atoms with van der Waals surface area (Å²) in [5, 5.41) is 24.5. The molecule has 0 saturated carbocycles. The van der Waals surface area contributed by atoms with E-state index in [0.717, 1.165) is 0 Å². The van der Waals surface area contributed by atoms with E-state index in [1.54, 1.807) is 32.0 Å². The Balaban J connectivity index is 2.75. The van der Waals surface area contributed by atoms with Gasteiger partial charge in [-0.25, -0.2) is 4.68 Å². The van der Waals surface area contributed by atoms with Gasteiger partial charge in [-0.15, -0.1) is 0 Å². The molecule has 1 aromatic heterocycles. The monoisotopic (exact) mass is 276 g/mol. The highest BCUT2D eigenvalue weighted by atomic mass is 35.5. The lowest BCUT2D eigenvalue weighted by atomic mass is 10.2. The maximum Gasteiger partial charge on any atom is 0.313 e. The SMILES string of the molecule is Cc1nn(-c2cccc(Cl)c2C#N)c(C)c1[N+](=O)[O-]. The highest BCUT2D eigenvalue weighted by Crippen LogP contribution is 2.28. The minimum absolute atomic E-state index is 0.0520. The lowest BCUT2D eigenvalue weighted by Gasteiger charge is -2.06. The molecule has 0 atom stereocenters. The van der Waals surface area contributed by atoms with Gasteiger partial charge < -0.3 is 0 Å². The van der Waals surface area contributed by atoms with Crippen molar-refractivity contribution in [3.63, 3.8) is 0 Å². The fourth-order valence-electron chi connectivity index (χ4n) is 1.93. The van der Waals surface area contributed by atoms with Crippen LogP contribution in [-0.2, 0) is 0 Å². The second-order valence-corrected chi connectivity index (χ2v) is 4.34. The number of halogens is 1. The van der Waals surface area contributed by atoms with E-state index >= 15 is 0 Å². The van der Waals surface area contributed by atoms with Crippen molar-refractivity contribution in [2.45, 2.75) is 13.8 Å². The second kappa shape index (κ2) is 4.71. The summed E-state index contributed by atoms with van der Waals surface area (Å²) in [5.74, 6) is 0. The molecule has 0 aliphatic rings. The summed E-state index contributed by atoms with van der Waals surface area (Å²) in [7, 11) is 0. The second-order valence-electron chi connectivity index (χ2n) is 3.93. The van der Waals surface area contributed by atoms with Crippen LogP contribution in [0.5, 0.6) is 0 Å². The maximum absolute atomic E-state index is 11.0. The van der Waals surface area contributed by atoms with Crippen LogP contribution < -0.4 is 0 Å². The van der Waals surface area contributed by atoms with E-state index in [1.165, 1.54) is 4.68 Å². The maximum atomic E-state index is 11.0. The third-order valence-corrected chi connectivity index (χ3v) is 3.08. The molecule has 7 heteroatoms. The first-order chi connectivity index (χ1) is 8.97. The fraction of sp³-hybridized carbons (Fsp3) is 0.167. The molecule has 96 valence electrons.